The van der Waals surface area contributed by atoms with E-state index in [-0.39, 0.29) is 11.3 Å². The second kappa shape index (κ2) is 5.77. The Balaban J connectivity index is 1.47. The van der Waals surface area contributed by atoms with Crippen LogP contribution >= 0.6 is 0 Å². The van der Waals surface area contributed by atoms with Crippen molar-refractivity contribution in [1.82, 2.24) is 19.4 Å². The Bertz CT molecular complexity index is 765. The minimum absolute atomic E-state index is 0.00256. The minimum atomic E-state index is -3.17. The molecule has 1 N–H and O–H groups in total. The molecule has 0 spiro atoms. The van der Waals surface area contributed by atoms with Crippen LogP contribution in [0.5, 0.6) is 0 Å². The molecule has 124 valence electrons. The van der Waals surface area contributed by atoms with Crippen LogP contribution in [-0.4, -0.2) is 41.4 Å². The van der Waals surface area contributed by atoms with Crippen LogP contribution in [0.25, 0.3) is 0 Å². The van der Waals surface area contributed by atoms with Crippen molar-refractivity contribution in [3.63, 3.8) is 0 Å². The average Bonchev–Trinajstić information content (AvgIpc) is 3.08. The van der Waals surface area contributed by atoms with Crippen LogP contribution in [0.3, 0.4) is 0 Å². The van der Waals surface area contributed by atoms with E-state index in [1.807, 2.05) is 22.9 Å². The van der Waals surface area contributed by atoms with E-state index in [0.29, 0.717) is 13.1 Å². The topological polar surface area (TPSA) is 80.4 Å². The second-order valence-electron chi connectivity index (χ2n) is 6.26. The second-order valence-corrected chi connectivity index (χ2v) is 8.31. The van der Waals surface area contributed by atoms with Gasteiger partial charge in [-0.1, -0.05) is 0 Å². The molecule has 23 heavy (non-hydrogen) atoms. The van der Waals surface area contributed by atoms with Gasteiger partial charge in [0.15, 0.2) is 0 Å². The van der Waals surface area contributed by atoms with E-state index in [0.717, 1.165) is 37.4 Å². The van der Waals surface area contributed by atoms with E-state index in [1.165, 1.54) is 0 Å². The van der Waals surface area contributed by atoms with Crippen molar-refractivity contribution in [2.24, 2.45) is 0 Å². The molecule has 4 rings (SSSR count). The van der Waals surface area contributed by atoms with Gasteiger partial charge in [0.25, 0.3) is 0 Å². The van der Waals surface area contributed by atoms with Crippen molar-refractivity contribution in [2.75, 3.05) is 13.1 Å². The highest BCUT2D eigenvalue weighted by Crippen LogP contribution is 2.28. The van der Waals surface area contributed by atoms with Gasteiger partial charge in [0, 0.05) is 25.8 Å². The van der Waals surface area contributed by atoms with Crippen LogP contribution in [0.15, 0.2) is 35.1 Å². The standard InChI is InChI=1S/C15H20N4O3S/c20-23(21,15-3-4-15)17-8-13-10-18(11-14-2-1-7-22-14)9-12-5-6-16-19(12)13/h1-2,5-7,13,15,17H,3-4,8-11H2/t13-/m1/s1. The fourth-order valence-corrected chi connectivity index (χ4v) is 4.48. The summed E-state index contributed by atoms with van der Waals surface area (Å²) in [4.78, 5) is 2.26. The van der Waals surface area contributed by atoms with Gasteiger partial charge < -0.3 is 4.42 Å². The normalized spacial score (nSPS) is 22.2. The van der Waals surface area contributed by atoms with Gasteiger partial charge >= 0.3 is 0 Å². The van der Waals surface area contributed by atoms with Crippen molar-refractivity contribution >= 4 is 10.0 Å². The number of fused-ring (bicyclic) bond motifs is 1. The fourth-order valence-electron chi connectivity index (χ4n) is 3.07. The molecule has 1 aliphatic carbocycles. The smallest absolute Gasteiger partial charge is 0.214 e. The van der Waals surface area contributed by atoms with Gasteiger partial charge in [0.05, 0.1) is 29.8 Å². The molecular weight excluding hydrogens is 316 g/mol. The van der Waals surface area contributed by atoms with Gasteiger partial charge in [-0.15, -0.1) is 0 Å². The molecule has 1 aliphatic heterocycles. The van der Waals surface area contributed by atoms with Gasteiger partial charge in [-0.25, -0.2) is 13.1 Å². The summed E-state index contributed by atoms with van der Waals surface area (Å²) in [6.45, 7) is 2.61. The summed E-state index contributed by atoms with van der Waals surface area (Å²) in [6.07, 6.45) is 4.99. The van der Waals surface area contributed by atoms with Crippen molar-refractivity contribution in [3.05, 3.63) is 42.1 Å². The summed E-state index contributed by atoms with van der Waals surface area (Å²) < 4.78 is 34.2. The zero-order valence-electron chi connectivity index (χ0n) is 12.8. The molecule has 3 heterocycles. The predicted molar refractivity (Wildman–Crippen MR) is 84.0 cm³/mol. The van der Waals surface area contributed by atoms with Gasteiger partial charge in [-0.3, -0.25) is 9.58 Å². The van der Waals surface area contributed by atoms with Crippen molar-refractivity contribution in [2.45, 2.75) is 37.2 Å². The number of rotatable bonds is 6. The van der Waals surface area contributed by atoms with Crippen LogP contribution in [0.1, 0.15) is 30.3 Å². The number of hydrogen-bond donors (Lipinski definition) is 1. The summed E-state index contributed by atoms with van der Waals surface area (Å²) in [7, 11) is -3.17. The maximum Gasteiger partial charge on any atom is 0.214 e. The first-order chi connectivity index (χ1) is 11.1. The first kappa shape index (κ1) is 14.9. The molecule has 1 atom stereocenters. The monoisotopic (exact) mass is 336 g/mol. The predicted octanol–water partition coefficient (Wildman–Crippen LogP) is 1.11. The number of nitrogens with zero attached hydrogens (tertiary/aromatic N) is 3. The molecule has 8 heteroatoms. The van der Waals surface area contributed by atoms with Crippen LogP contribution < -0.4 is 4.72 Å². The number of nitrogens with one attached hydrogen (secondary N) is 1. The average molecular weight is 336 g/mol. The maximum absolute atomic E-state index is 12.1. The largest absolute Gasteiger partial charge is 0.468 e. The highest BCUT2D eigenvalue weighted by atomic mass is 32.2. The third-order valence-corrected chi connectivity index (χ3v) is 6.31. The quantitative estimate of drug-likeness (QED) is 0.855. The Morgan fingerprint density at radius 3 is 2.96 bits per heavy atom. The number of aromatic nitrogens is 2. The summed E-state index contributed by atoms with van der Waals surface area (Å²) >= 11 is 0. The highest BCUT2D eigenvalue weighted by Gasteiger charge is 2.36. The minimum Gasteiger partial charge on any atom is -0.468 e. The van der Waals surface area contributed by atoms with Crippen LogP contribution in [-0.2, 0) is 23.1 Å². The van der Waals surface area contributed by atoms with E-state index < -0.39 is 10.0 Å². The van der Waals surface area contributed by atoms with Crippen molar-refractivity contribution < 1.29 is 12.8 Å². The van der Waals surface area contributed by atoms with Crippen LogP contribution in [0, 0.1) is 0 Å². The molecule has 0 radical (unpaired) electrons. The molecule has 1 fully saturated rings. The fraction of sp³-hybridized carbons (Fsp3) is 0.533. The van der Waals surface area contributed by atoms with Crippen LogP contribution in [0.2, 0.25) is 0 Å². The Morgan fingerprint density at radius 1 is 1.35 bits per heavy atom. The number of furan rings is 1. The molecule has 0 unspecified atom stereocenters. The third kappa shape index (κ3) is 3.19. The molecule has 0 bridgehead atoms. The molecule has 0 saturated heterocycles. The molecule has 7 nitrogen and oxygen atoms in total. The molecule has 2 aromatic heterocycles. The number of sulfonamides is 1. The lowest BCUT2D eigenvalue weighted by molar-refractivity contribution is 0.157. The molecule has 2 aliphatic rings. The lowest BCUT2D eigenvalue weighted by atomic mass is 10.2. The van der Waals surface area contributed by atoms with Gasteiger partial charge in [-0.2, -0.15) is 5.10 Å². The summed E-state index contributed by atoms with van der Waals surface area (Å²) in [5.74, 6) is 0.912. The summed E-state index contributed by atoms with van der Waals surface area (Å²) in [6, 6.07) is 5.82. The molecule has 0 aromatic carbocycles. The first-order valence-corrected chi connectivity index (χ1v) is 9.42. The van der Waals surface area contributed by atoms with Crippen molar-refractivity contribution in [3.8, 4) is 0 Å². The Labute approximate surface area is 135 Å². The van der Waals surface area contributed by atoms with E-state index in [2.05, 4.69) is 14.7 Å². The maximum atomic E-state index is 12.1. The molecule has 0 amide bonds. The Morgan fingerprint density at radius 2 is 2.22 bits per heavy atom. The van der Waals surface area contributed by atoms with Gasteiger partial charge in [0.2, 0.25) is 10.0 Å². The Hall–Kier alpha value is -1.64. The zero-order valence-corrected chi connectivity index (χ0v) is 13.6. The third-order valence-electron chi connectivity index (χ3n) is 4.40. The van der Waals surface area contributed by atoms with Gasteiger partial charge in [0.1, 0.15) is 5.76 Å². The summed E-state index contributed by atoms with van der Waals surface area (Å²) in [5, 5.41) is 4.17. The van der Waals surface area contributed by atoms with E-state index in [4.69, 9.17) is 4.42 Å². The lowest BCUT2D eigenvalue weighted by Crippen LogP contribution is -2.43. The highest BCUT2D eigenvalue weighted by molar-refractivity contribution is 7.90. The van der Waals surface area contributed by atoms with E-state index in [1.54, 1.807) is 12.5 Å². The van der Waals surface area contributed by atoms with Gasteiger partial charge in [-0.05, 0) is 31.0 Å². The van der Waals surface area contributed by atoms with Crippen molar-refractivity contribution in [1.29, 1.82) is 0 Å². The number of hydrogen-bond acceptors (Lipinski definition) is 5. The summed E-state index contributed by atoms with van der Waals surface area (Å²) in [5.41, 5.74) is 1.10. The Kier molecular flexibility index (Phi) is 3.74. The van der Waals surface area contributed by atoms with E-state index in [9.17, 15) is 8.42 Å². The first-order valence-electron chi connectivity index (χ1n) is 7.87. The SMILES string of the molecule is O=S(=O)(NC[C@@H]1CN(Cc2ccco2)Cc2ccnn21)C1CC1. The lowest BCUT2D eigenvalue weighted by Gasteiger charge is -2.33. The molecule has 1 saturated carbocycles. The molecular formula is C15H20N4O3S. The molecule has 2 aromatic rings. The van der Waals surface area contributed by atoms with E-state index >= 15 is 0 Å². The zero-order chi connectivity index (χ0) is 15.9. The van der Waals surface area contributed by atoms with Crippen LogP contribution in [0.4, 0.5) is 0 Å².